The van der Waals surface area contributed by atoms with Crippen LogP contribution in [0.1, 0.15) is 19.3 Å². The molecule has 0 unspecified atom stereocenters. The Morgan fingerprint density at radius 3 is 2.94 bits per heavy atom. The second-order valence-corrected chi connectivity index (χ2v) is 5.46. The monoisotopic (exact) mass is 243 g/mol. The molecular weight excluding hydrogens is 222 g/mol. The van der Waals surface area contributed by atoms with Gasteiger partial charge in [0.2, 0.25) is 0 Å². The molecular formula is C11H21N3OS. The van der Waals surface area contributed by atoms with Gasteiger partial charge in [0.05, 0.1) is 0 Å². The predicted molar refractivity (Wildman–Crippen MR) is 70.1 cm³/mol. The maximum absolute atomic E-state index is 8.52. The van der Waals surface area contributed by atoms with Crippen molar-refractivity contribution in [1.82, 2.24) is 5.32 Å². The van der Waals surface area contributed by atoms with Crippen LogP contribution in [0.2, 0.25) is 0 Å². The second-order valence-electron chi connectivity index (χ2n) is 4.31. The Labute approximate surface area is 101 Å². The van der Waals surface area contributed by atoms with Gasteiger partial charge in [0.1, 0.15) is 5.84 Å². The van der Waals surface area contributed by atoms with E-state index >= 15 is 0 Å². The number of nitrogens with one attached hydrogen (secondary N) is 1. The van der Waals surface area contributed by atoms with Crippen molar-refractivity contribution >= 4 is 17.6 Å². The summed E-state index contributed by atoms with van der Waals surface area (Å²) in [5.74, 6) is 2.46. The van der Waals surface area contributed by atoms with Crippen LogP contribution in [0.5, 0.6) is 0 Å². The van der Waals surface area contributed by atoms with Gasteiger partial charge in [-0.15, -0.1) is 6.58 Å². The van der Waals surface area contributed by atoms with Crippen LogP contribution in [-0.4, -0.2) is 35.6 Å². The zero-order valence-corrected chi connectivity index (χ0v) is 10.4. The Kier molecular flexibility index (Phi) is 5.69. The lowest BCUT2D eigenvalue weighted by atomic mass is 10.0. The summed E-state index contributed by atoms with van der Waals surface area (Å²) < 4.78 is 0. The predicted octanol–water partition coefficient (Wildman–Crippen LogP) is 1.41. The van der Waals surface area contributed by atoms with Crippen molar-refractivity contribution in [1.29, 1.82) is 0 Å². The Balaban J connectivity index is 2.06. The van der Waals surface area contributed by atoms with Crippen LogP contribution < -0.4 is 11.1 Å². The molecule has 1 rings (SSSR count). The number of nitrogens with two attached hydrogens (primary N) is 1. The molecule has 0 spiro atoms. The Morgan fingerprint density at radius 1 is 1.62 bits per heavy atom. The van der Waals surface area contributed by atoms with Crippen LogP contribution in [0.3, 0.4) is 0 Å². The zero-order valence-electron chi connectivity index (χ0n) is 9.61. The fraction of sp³-hybridized carbons (Fsp3) is 0.727. The highest BCUT2D eigenvalue weighted by Gasteiger charge is 2.42. The topological polar surface area (TPSA) is 70.6 Å². The van der Waals surface area contributed by atoms with E-state index in [-0.39, 0.29) is 5.41 Å². The first-order chi connectivity index (χ1) is 7.72. The van der Waals surface area contributed by atoms with Crippen molar-refractivity contribution < 1.29 is 5.21 Å². The van der Waals surface area contributed by atoms with E-state index in [4.69, 9.17) is 10.9 Å². The number of oxime groups is 1. The highest BCUT2D eigenvalue weighted by Crippen LogP contribution is 2.48. The quantitative estimate of drug-likeness (QED) is 0.143. The van der Waals surface area contributed by atoms with Gasteiger partial charge in [-0.25, -0.2) is 0 Å². The molecule has 0 saturated heterocycles. The van der Waals surface area contributed by atoms with E-state index in [1.54, 1.807) is 0 Å². The van der Waals surface area contributed by atoms with Crippen LogP contribution in [-0.2, 0) is 0 Å². The lowest BCUT2D eigenvalue weighted by molar-refractivity contribution is 0.314. The molecule has 4 nitrogen and oxygen atoms in total. The molecule has 0 aromatic heterocycles. The van der Waals surface area contributed by atoms with E-state index in [1.807, 2.05) is 17.8 Å². The van der Waals surface area contributed by atoms with Crippen LogP contribution in [0, 0.1) is 5.41 Å². The lowest BCUT2D eigenvalue weighted by Gasteiger charge is -2.14. The van der Waals surface area contributed by atoms with Crippen LogP contribution in [0.25, 0.3) is 0 Å². The van der Waals surface area contributed by atoms with Crippen LogP contribution >= 0.6 is 11.8 Å². The zero-order chi connectivity index (χ0) is 11.9. The average molecular weight is 243 g/mol. The van der Waals surface area contributed by atoms with E-state index in [9.17, 15) is 0 Å². The second kappa shape index (κ2) is 6.81. The molecule has 1 aliphatic carbocycles. The summed E-state index contributed by atoms with van der Waals surface area (Å²) >= 11 is 1.87. The summed E-state index contributed by atoms with van der Waals surface area (Å²) in [7, 11) is 0. The average Bonchev–Trinajstić information content (AvgIpc) is 3.03. The van der Waals surface area contributed by atoms with Gasteiger partial charge in [0.25, 0.3) is 0 Å². The molecule has 0 aliphatic heterocycles. The summed E-state index contributed by atoms with van der Waals surface area (Å²) in [6.45, 7) is 5.66. The summed E-state index contributed by atoms with van der Waals surface area (Å²) in [5, 5.41) is 15.0. The van der Waals surface area contributed by atoms with E-state index in [2.05, 4.69) is 17.1 Å². The number of nitrogens with zero attached hydrogens (tertiary/aromatic N) is 1. The molecule has 0 amide bonds. The molecule has 5 heteroatoms. The molecule has 0 bridgehead atoms. The van der Waals surface area contributed by atoms with Gasteiger partial charge in [-0.2, -0.15) is 11.8 Å². The number of thioether (sulfide) groups is 1. The SMILES string of the molecule is C=CCSCCNCC1(C/C(N)=N\O)CC1. The normalized spacial score (nSPS) is 18.4. The minimum atomic E-state index is 0.263. The molecule has 0 aromatic rings. The molecule has 1 aliphatic rings. The molecule has 0 heterocycles. The highest BCUT2D eigenvalue weighted by molar-refractivity contribution is 7.99. The minimum absolute atomic E-state index is 0.263. The van der Waals surface area contributed by atoms with Crippen molar-refractivity contribution in [2.45, 2.75) is 19.3 Å². The third kappa shape index (κ3) is 4.90. The van der Waals surface area contributed by atoms with Crippen molar-refractivity contribution in [3.8, 4) is 0 Å². The molecule has 0 atom stereocenters. The molecule has 4 N–H and O–H groups in total. The summed E-state index contributed by atoms with van der Waals surface area (Å²) in [5.41, 5.74) is 5.79. The summed E-state index contributed by atoms with van der Waals surface area (Å²) in [6, 6.07) is 0. The van der Waals surface area contributed by atoms with Gasteiger partial charge >= 0.3 is 0 Å². The first kappa shape index (κ1) is 13.4. The van der Waals surface area contributed by atoms with E-state index in [0.717, 1.165) is 24.6 Å². The molecule has 92 valence electrons. The number of rotatable bonds is 9. The maximum Gasteiger partial charge on any atom is 0.139 e. The summed E-state index contributed by atoms with van der Waals surface area (Å²) in [6.07, 6.45) is 4.98. The van der Waals surface area contributed by atoms with E-state index in [0.29, 0.717) is 12.3 Å². The Morgan fingerprint density at radius 2 is 2.38 bits per heavy atom. The van der Waals surface area contributed by atoms with Crippen molar-refractivity contribution in [2.24, 2.45) is 16.3 Å². The first-order valence-electron chi connectivity index (χ1n) is 5.58. The highest BCUT2D eigenvalue weighted by atomic mass is 32.2. The molecule has 1 saturated carbocycles. The molecule has 16 heavy (non-hydrogen) atoms. The largest absolute Gasteiger partial charge is 0.409 e. The fourth-order valence-electron chi connectivity index (χ4n) is 1.68. The van der Waals surface area contributed by atoms with Gasteiger partial charge in [0.15, 0.2) is 0 Å². The molecule has 0 radical (unpaired) electrons. The third-order valence-corrected chi connectivity index (χ3v) is 3.76. The van der Waals surface area contributed by atoms with Crippen molar-refractivity contribution in [2.75, 3.05) is 24.6 Å². The molecule has 1 fully saturated rings. The van der Waals surface area contributed by atoms with Crippen molar-refractivity contribution in [3.63, 3.8) is 0 Å². The minimum Gasteiger partial charge on any atom is -0.409 e. The van der Waals surface area contributed by atoms with Gasteiger partial charge in [-0.3, -0.25) is 0 Å². The van der Waals surface area contributed by atoms with E-state index in [1.165, 1.54) is 12.8 Å². The van der Waals surface area contributed by atoms with Crippen LogP contribution in [0.15, 0.2) is 17.8 Å². The number of hydrogen-bond acceptors (Lipinski definition) is 4. The van der Waals surface area contributed by atoms with Gasteiger partial charge in [0, 0.05) is 31.0 Å². The summed E-state index contributed by atoms with van der Waals surface area (Å²) in [4.78, 5) is 0. The van der Waals surface area contributed by atoms with E-state index < -0.39 is 0 Å². The van der Waals surface area contributed by atoms with Crippen molar-refractivity contribution in [3.05, 3.63) is 12.7 Å². The van der Waals surface area contributed by atoms with Gasteiger partial charge in [-0.05, 0) is 18.3 Å². The number of hydrogen-bond donors (Lipinski definition) is 3. The lowest BCUT2D eigenvalue weighted by Crippen LogP contribution is -2.29. The Hall–Kier alpha value is -0.680. The molecule has 0 aromatic carbocycles. The maximum atomic E-state index is 8.52. The van der Waals surface area contributed by atoms with Crippen LogP contribution in [0.4, 0.5) is 0 Å². The van der Waals surface area contributed by atoms with Gasteiger partial charge < -0.3 is 16.3 Å². The fourth-order valence-corrected chi connectivity index (χ4v) is 2.30. The number of amidine groups is 1. The third-order valence-electron chi connectivity index (χ3n) is 2.80. The smallest absolute Gasteiger partial charge is 0.139 e. The van der Waals surface area contributed by atoms with Gasteiger partial charge in [-0.1, -0.05) is 11.2 Å². The standard InChI is InChI=1S/C11H21N3OS/c1-2-6-16-7-5-13-9-11(3-4-11)8-10(12)14-15/h2,13,15H,1,3-9H2,(H2,12,14). The Bertz CT molecular complexity index is 252. The first-order valence-corrected chi connectivity index (χ1v) is 6.74.